The van der Waals surface area contributed by atoms with E-state index in [0.717, 1.165) is 25.7 Å². The highest BCUT2D eigenvalue weighted by Crippen LogP contribution is 2.53. The summed E-state index contributed by atoms with van der Waals surface area (Å²) in [6.07, 6.45) is 3.56. The van der Waals surface area contributed by atoms with Gasteiger partial charge in [0.1, 0.15) is 0 Å². The van der Waals surface area contributed by atoms with Crippen LogP contribution in [0.3, 0.4) is 0 Å². The first-order valence-corrected chi connectivity index (χ1v) is 25.3. The van der Waals surface area contributed by atoms with E-state index in [-0.39, 0.29) is 0 Å². The van der Waals surface area contributed by atoms with E-state index in [9.17, 15) is 0 Å². The number of aryl methyl sites for hydroxylation is 2. The van der Waals surface area contributed by atoms with Gasteiger partial charge in [-0.2, -0.15) is 0 Å². The summed E-state index contributed by atoms with van der Waals surface area (Å²) in [4.78, 5) is 0. The number of para-hydroxylation sites is 2. The summed E-state index contributed by atoms with van der Waals surface area (Å²) < 4.78 is 10.7. The monoisotopic (exact) mass is 884 g/mol. The lowest BCUT2D eigenvalue weighted by Gasteiger charge is -2.30. The summed E-state index contributed by atoms with van der Waals surface area (Å²) >= 11 is 3.81. The molecule has 0 N–H and O–H groups in total. The van der Waals surface area contributed by atoms with Gasteiger partial charge in [-0.25, -0.2) is 0 Å². The molecule has 2 nitrogen and oxygen atoms in total. The highest BCUT2D eigenvalue weighted by atomic mass is 32.1. The molecule has 4 heteroatoms. The third-order valence-corrected chi connectivity index (χ3v) is 16.8. The molecule has 0 atom stereocenters. The Balaban J connectivity index is 1.31. The first-order valence-electron chi connectivity index (χ1n) is 23.7. The molecule has 0 aliphatic rings. The molecule has 0 aliphatic carbocycles. The SMILES string of the molecule is CCc1ccccc1-c1c(CC)c(-c2ccccc2CC)c(-n2c3ccccc3c3c4c(ccc32)sc2ccccc24)c(CC)c1-n1c2ccccc2c2c3c(ccc21)sc1ccccc13. The molecular formula is C62H48N2S2. The lowest BCUT2D eigenvalue weighted by Crippen LogP contribution is -2.14. The summed E-state index contributed by atoms with van der Waals surface area (Å²) in [5.41, 5.74) is 18.4. The second kappa shape index (κ2) is 15.3. The first kappa shape index (κ1) is 39.4. The lowest BCUT2D eigenvalue weighted by atomic mass is 9.81. The van der Waals surface area contributed by atoms with E-state index in [4.69, 9.17) is 0 Å². The van der Waals surface area contributed by atoms with Crippen molar-refractivity contribution in [3.63, 3.8) is 0 Å². The van der Waals surface area contributed by atoms with Crippen LogP contribution in [-0.4, -0.2) is 9.13 Å². The molecule has 4 aromatic heterocycles. The van der Waals surface area contributed by atoms with Gasteiger partial charge in [-0.3, -0.25) is 0 Å². The molecule has 13 rings (SSSR count). The summed E-state index contributed by atoms with van der Waals surface area (Å²) in [5, 5.41) is 10.6. The fourth-order valence-electron chi connectivity index (χ4n) is 11.8. The zero-order chi connectivity index (χ0) is 44.2. The van der Waals surface area contributed by atoms with Crippen molar-refractivity contribution in [2.24, 2.45) is 0 Å². The predicted octanol–water partition coefficient (Wildman–Crippen LogP) is 18.2. The van der Waals surface area contributed by atoms with Crippen LogP contribution in [0.25, 0.3) is 118 Å². The predicted molar refractivity (Wildman–Crippen MR) is 289 cm³/mol. The average molecular weight is 885 g/mol. The zero-order valence-electron chi connectivity index (χ0n) is 37.7. The molecule has 0 amide bonds. The quantitative estimate of drug-likeness (QED) is 0.144. The highest BCUT2D eigenvalue weighted by molar-refractivity contribution is 7.26. The summed E-state index contributed by atoms with van der Waals surface area (Å²) in [6, 6.07) is 64.5. The Morgan fingerprint density at radius 1 is 0.318 bits per heavy atom. The van der Waals surface area contributed by atoms with Crippen LogP contribution in [0, 0.1) is 0 Å². The normalized spacial score (nSPS) is 12.2. The molecule has 13 aromatic rings. The van der Waals surface area contributed by atoms with E-state index >= 15 is 0 Å². The van der Waals surface area contributed by atoms with E-state index in [1.807, 2.05) is 22.7 Å². The minimum absolute atomic E-state index is 0.826. The number of aromatic nitrogens is 2. The van der Waals surface area contributed by atoms with Gasteiger partial charge in [-0.05, 0) is 102 Å². The molecule has 0 aliphatic heterocycles. The van der Waals surface area contributed by atoms with E-state index in [0.29, 0.717) is 0 Å². The molecule has 0 bridgehead atoms. The Morgan fingerprint density at radius 3 is 1.15 bits per heavy atom. The van der Waals surface area contributed by atoms with Gasteiger partial charge in [-0.15, -0.1) is 22.7 Å². The first-order chi connectivity index (χ1) is 32.6. The van der Waals surface area contributed by atoms with Gasteiger partial charge < -0.3 is 9.13 Å². The van der Waals surface area contributed by atoms with Crippen LogP contribution in [0.4, 0.5) is 0 Å². The van der Waals surface area contributed by atoms with E-state index in [2.05, 4.69) is 207 Å². The second-order valence-corrected chi connectivity index (χ2v) is 19.9. The topological polar surface area (TPSA) is 9.86 Å². The largest absolute Gasteiger partial charge is 0.308 e. The molecular weight excluding hydrogens is 837 g/mol. The fraction of sp³-hybridized carbons (Fsp3) is 0.129. The van der Waals surface area contributed by atoms with Crippen LogP contribution >= 0.6 is 22.7 Å². The van der Waals surface area contributed by atoms with Gasteiger partial charge in [-0.1, -0.05) is 149 Å². The Labute approximate surface area is 392 Å². The molecule has 4 heterocycles. The Bertz CT molecular complexity index is 3850. The van der Waals surface area contributed by atoms with Crippen molar-refractivity contribution in [1.29, 1.82) is 0 Å². The van der Waals surface area contributed by atoms with E-state index < -0.39 is 0 Å². The van der Waals surface area contributed by atoms with Gasteiger partial charge >= 0.3 is 0 Å². The van der Waals surface area contributed by atoms with Gasteiger partial charge in [0.25, 0.3) is 0 Å². The van der Waals surface area contributed by atoms with Gasteiger partial charge in [0.15, 0.2) is 0 Å². The number of fused-ring (bicyclic) bond motifs is 14. The van der Waals surface area contributed by atoms with Crippen LogP contribution in [-0.2, 0) is 25.7 Å². The van der Waals surface area contributed by atoms with Crippen molar-refractivity contribution in [2.45, 2.75) is 53.4 Å². The maximum absolute atomic E-state index is 2.69. The number of nitrogens with zero attached hydrogens (tertiary/aromatic N) is 2. The molecule has 0 spiro atoms. The van der Waals surface area contributed by atoms with Crippen molar-refractivity contribution < 1.29 is 0 Å². The maximum atomic E-state index is 2.69. The Morgan fingerprint density at radius 2 is 0.712 bits per heavy atom. The molecule has 9 aromatic carbocycles. The molecule has 0 unspecified atom stereocenters. The van der Waals surface area contributed by atoms with Gasteiger partial charge in [0, 0.05) is 78.6 Å². The zero-order valence-corrected chi connectivity index (χ0v) is 39.3. The smallest absolute Gasteiger partial charge is 0.0596 e. The van der Waals surface area contributed by atoms with E-state index in [1.165, 1.54) is 140 Å². The van der Waals surface area contributed by atoms with Gasteiger partial charge in [0.05, 0.1) is 33.4 Å². The van der Waals surface area contributed by atoms with Crippen molar-refractivity contribution in [3.05, 3.63) is 192 Å². The van der Waals surface area contributed by atoms with Crippen LogP contribution in [0.5, 0.6) is 0 Å². The molecule has 66 heavy (non-hydrogen) atoms. The summed E-state index contributed by atoms with van der Waals surface area (Å²) in [5.74, 6) is 0. The number of benzene rings is 9. The Hall–Kier alpha value is -6.98. The number of hydrogen-bond donors (Lipinski definition) is 0. The minimum atomic E-state index is 0.826. The van der Waals surface area contributed by atoms with Crippen molar-refractivity contribution in [2.75, 3.05) is 0 Å². The average Bonchev–Trinajstić information content (AvgIpc) is 4.13. The number of hydrogen-bond acceptors (Lipinski definition) is 2. The van der Waals surface area contributed by atoms with E-state index in [1.54, 1.807) is 0 Å². The van der Waals surface area contributed by atoms with Gasteiger partial charge in [0.2, 0.25) is 0 Å². The lowest BCUT2D eigenvalue weighted by molar-refractivity contribution is 1.00. The molecule has 0 fully saturated rings. The van der Waals surface area contributed by atoms with Crippen molar-refractivity contribution in [1.82, 2.24) is 9.13 Å². The third kappa shape index (κ3) is 5.46. The van der Waals surface area contributed by atoms with Crippen molar-refractivity contribution >= 4 is 107 Å². The molecule has 318 valence electrons. The fourth-order valence-corrected chi connectivity index (χ4v) is 14.0. The molecule has 0 radical (unpaired) electrons. The Kier molecular flexibility index (Phi) is 9.13. The molecule has 0 saturated heterocycles. The number of thiophene rings is 2. The van der Waals surface area contributed by atoms with Crippen molar-refractivity contribution in [3.8, 4) is 33.6 Å². The second-order valence-electron chi connectivity index (χ2n) is 17.7. The summed E-state index contributed by atoms with van der Waals surface area (Å²) in [7, 11) is 0. The van der Waals surface area contributed by atoms with Crippen LogP contribution < -0.4 is 0 Å². The minimum Gasteiger partial charge on any atom is -0.308 e. The number of rotatable bonds is 8. The molecule has 0 saturated carbocycles. The third-order valence-electron chi connectivity index (χ3n) is 14.5. The van der Waals surface area contributed by atoms with Crippen LogP contribution in [0.15, 0.2) is 170 Å². The van der Waals surface area contributed by atoms with Crippen LogP contribution in [0.2, 0.25) is 0 Å². The van der Waals surface area contributed by atoms with Crippen LogP contribution in [0.1, 0.15) is 49.9 Å². The summed E-state index contributed by atoms with van der Waals surface area (Å²) in [6.45, 7) is 9.43. The maximum Gasteiger partial charge on any atom is 0.0596 e. The highest BCUT2D eigenvalue weighted by Gasteiger charge is 2.32. The standard InChI is InChI=1S/C62H48N2S2/c1-5-37-21-9-11-23-41(37)55-39(7-3)56(42-24-12-10-22-38(42)6-2)62(64-48-30-18-14-26-44(48)58-50(64)34-36-54-60(58)46-28-16-20-32-52(46)66-54)40(8-4)61(55)63-47-29-17-13-25-43(47)57-49(63)33-35-53-59(57)45-27-15-19-31-51(45)65-53/h9-36H,5-8H2,1-4H3.